The highest BCUT2D eigenvalue weighted by atomic mass is 35.5. The standard InChI is InChI=1S/C23H26F3N7S.2ClH/c1-31-21(19-13-27-8-9-28-19)29-30-22(31)34-12-2-10-32-14-16-7-11-33(20(16)15-32)18-5-3-17(4-6-18)23(24,25)26;;/h3-6,8-9,13,16,20H,2,7,10-12,14-15H2,1H3;2*1H/t16-,20+;;/m1../s1. The van der Waals surface area contributed by atoms with E-state index in [1.165, 1.54) is 12.1 Å². The van der Waals surface area contributed by atoms with Crippen molar-refractivity contribution in [2.75, 3.05) is 36.8 Å². The van der Waals surface area contributed by atoms with Crippen molar-refractivity contribution in [3.8, 4) is 11.5 Å². The van der Waals surface area contributed by atoms with Gasteiger partial charge in [-0.25, -0.2) is 4.98 Å². The molecular weight excluding hydrogens is 534 g/mol. The van der Waals surface area contributed by atoms with Gasteiger partial charge in [0.05, 0.1) is 11.8 Å². The minimum atomic E-state index is -4.30. The Labute approximate surface area is 224 Å². The quantitative estimate of drug-likeness (QED) is 0.302. The summed E-state index contributed by atoms with van der Waals surface area (Å²) >= 11 is 1.68. The maximum absolute atomic E-state index is 12.9. The number of rotatable bonds is 7. The highest BCUT2D eigenvalue weighted by Gasteiger charge is 2.41. The summed E-state index contributed by atoms with van der Waals surface area (Å²) in [5.41, 5.74) is 0.994. The monoisotopic (exact) mass is 561 g/mol. The van der Waals surface area contributed by atoms with E-state index in [-0.39, 0.29) is 24.8 Å². The molecule has 2 aliphatic rings. The molecule has 4 heterocycles. The molecule has 2 saturated heterocycles. The maximum atomic E-state index is 12.9. The molecule has 5 rings (SSSR count). The fourth-order valence-electron chi connectivity index (χ4n) is 4.92. The van der Waals surface area contributed by atoms with Gasteiger partial charge in [0.1, 0.15) is 5.69 Å². The van der Waals surface area contributed by atoms with Crippen LogP contribution in [0.25, 0.3) is 11.5 Å². The van der Waals surface area contributed by atoms with Crippen molar-refractivity contribution in [3.05, 3.63) is 48.4 Å². The molecule has 36 heavy (non-hydrogen) atoms. The van der Waals surface area contributed by atoms with Gasteiger partial charge in [0.25, 0.3) is 0 Å². The normalized spacial score (nSPS) is 19.6. The van der Waals surface area contributed by atoms with Crippen molar-refractivity contribution in [2.45, 2.75) is 30.2 Å². The number of hydrogen-bond acceptors (Lipinski definition) is 7. The molecule has 0 bridgehead atoms. The second-order valence-electron chi connectivity index (χ2n) is 8.77. The fraction of sp³-hybridized carbons (Fsp3) is 0.478. The molecule has 2 aromatic heterocycles. The molecule has 0 saturated carbocycles. The number of aromatic nitrogens is 5. The number of fused-ring (bicyclic) bond motifs is 1. The Bertz CT molecular complexity index is 1120. The van der Waals surface area contributed by atoms with Crippen LogP contribution >= 0.6 is 36.6 Å². The topological polar surface area (TPSA) is 63.0 Å². The predicted octanol–water partition coefficient (Wildman–Crippen LogP) is 4.83. The van der Waals surface area contributed by atoms with Crippen molar-refractivity contribution in [2.24, 2.45) is 13.0 Å². The zero-order valence-electron chi connectivity index (χ0n) is 19.6. The summed E-state index contributed by atoms with van der Waals surface area (Å²) in [7, 11) is 1.93. The third-order valence-electron chi connectivity index (χ3n) is 6.63. The van der Waals surface area contributed by atoms with E-state index in [9.17, 15) is 13.2 Å². The summed E-state index contributed by atoms with van der Waals surface area (Å²) < 4.78 is 40.6. The summed E-state index contributed by atoms with van der Waals surface area (Å²) in [6, 6.07) is 5.98. The molecule has 0 amide bonds. The second-order valence-corrected chi connectivity index (χ2v) is 9.83. The van der Waals surface area contributed by atoms with Crippen molar-refractivity contribution >= 4 is 42.3 Å². The van der Waals surface area contributed by atoms with Crippen LogP contribution < -0.4 is 4.90 Å². The Hall–Kier alpha value is -2.08. The van der Waals surface area contributed by atoms with Gasteiger partial charge in [-0.05, 0) is 49.6 Å². The Kier molecular flexibility index (Phi) is 9.48. The molecule has 196 valence electrons. The van der Waals surface area contributed by atoms with Crippen molar-refractivity contribution in [1.29, 1.82) is 0 Å². The maximum Gasteiger partial charge on any atom is 0.416 e. The van der Waals surface area contributed by atoms with Crippen LogP contribution in [0.2, 0.25) is 0 Å². The molecule has 0 aliphatic carbocycles. The van der Waals surface area contributed by atoms with Gasteiger partial charge < -0.3 is 14.4 Å². The van der Waals surface area contributed by atoms with E-state index >= 15 is 0 Å². The summed E-state index contributed by atoms with van der Waals surface area (Å²) in [5.74, 6) is 2.20. The van der Waals surface area contributed by atoms with Gasteiger partial charge in [-0.15, -0.1) is 35.0 Å². The lowest BCUT2D eigenvalue weighted by Crippen LogP contribution is -2.35. The first kappa shape index (κ1) is 28.5. The number of benzene rings is 1. The van der Waals surface area contributed by atoms with Crippen LogP contribution in [0.15, 0.2) is 48.0 Å². The van der Waals surface area contributed by atoms with Crippen molar-refractivity contribution in [3.63, 3.8) is 0 Å². The van der Waals surface area contributed by atoms with Crippen LogP contribution in [-0.4, -0.2) is 67.6 Å². The summed E-state index contributed by atoms with van der Waals surface area (Å²) in [4.78, 5) is 13.1. The molecule has 0 radical (unpaired) electrons. The molecule has 0 spiro atoms. The van der Waals surface area contributed by atoms with Gasteiger partial charge in [-0.3, -0.25) is 4.98 Å². The van der Waals surface area contributed by atoms with Crippen LogP contribution in [0.1, 0.15) is 18.4 Å². The van der Waals surface area contributed by atoms with E-state index < -0.39 is 11.7 Å². The highest BCUT2D eigenvalue weighted by Crippen LogP contribution is 2.37. The van der Waals surface area contributed by atoms with E-state index in [1.807, 2.05) is 11.6 Å². The van der Waals surface area contributed by atoms with Crippen LogP contribution in [0.4, 0.5) is 18.9 Å². The predicted molar refractivity (Wildman–Crippen MR) is 139 cm³/mol. The zero-order chi connectivity index (χ0) is 23.7. The molecule has 0 unspecified atom stereocenters. The number of thioether (sulfide) groups is 1. The Morgan fingerprint density at radius 2 is 1.83 bits per heavy atom. The van der Waals surface area contributed by atoms with Crippen LogP contribution in [-0.2, 0) is 13.2 Å². The number of halogens is 5. The minimum absolute atomic E-state index is 0. The fourth-order valence-corrected chi connectivity index (χ4v) is 5.76. The lowest BCUT2D eigenvalue weighted by molar-refractivity contribution is -0.137. The lowest BCUT2D eigenvalue weighted by atomic mass is 10.0. The Balaban J connectivity index is 0.00000180. The smallest absolute Gasteiger partial charge is 0.367 e. The number of nitrogens with zero attached hydrogens (tertiary/aromatic N) is 7. The van der Waals surface area contributed by atoms with E-state index in [0.29, 0.717) is 23.5 Å². The summed E-state index contributed by atoms with van der Waals surface area (Å²) in [6.45, 7) is 3.91. The molecule has 3 aromatic rings. The largest absolute Gasteiger partial charge is 0.416 e. The van der Waals surface area contributed by atoms with E-state index in [0.717, 1.165) is 55.6 Å². The van der Waals surface area contributed by atoms with Gasteiger partial charge in [-0.1, -0.05) is 11.8 Å². The molecule has 13 heteroatoms. The van der Waals surface area contributed by atoms with Gasteiger partial charge >= 0.3 is 6.18 Å². The molecular formula is C23H28Cl2F3N7S. The van der Waals surface area contributed by atoms with Gasteiger partial charge in [0.2, 0.25) is 0 Å². The Morgan fingerprint density at radius 1 is 1.06 bits per heavy atom. The van der Waals surface area contributed by atoms with Crippen LogP contribution in [0.3, 0.4) is 0 Å². The Morgan fingerprint density at radius 3 is 2.53 bits per heavy atom. The van der Waals surface area contributed by atoms with E-state index in [1.54, 1.807) is 42.5 Å². The molecule has 0 N–H and O–H groups in total. The SMILES string of the molecule is Cl.Cl.Cn1c(SCCCN2C[C@H]3CCN(c4ccc(C(F)(F)F)cc4)[C@H]3C2)nnc1-c1cnccn1. The highest BCUT2D eigenvalue weighted by molar-refractivity contribution is 7.99. The second kappa shape index (κ2) is 12.0. The summed E-state index contributed by atoms with van der Waals surface area (Å²) in [5, 5.41) is 9.39. The average molecular weight is 562 g/mol. The first-order valence-electron chi connectivity index (χ1n) is 11.3. The molecule has 1 aromatic carbocycles. The molecule has 2 fully saturated rings. The van der Waals surface area contributed by atoms with E-state index in [2.05, 4.69) is 30.0 Å². The minimum Gasteiger partial charge on any atom is -0.367 e. The third kappa shape index (κ3) is 6.07. The van der Waals surface area contributed by atoms with Gasteiger partial charge in [0.15, 0.2) is 11.0 Å². The number of anilines is 1. The lowest BCUT2D eigenvalue weighted by Gasteiger charge is -2.27. The van der Waals surface area contributed by atoms with E-state index in [4.69, 9.17) is 0 Å². The zero-order valence-corrected chi connectivity index (χ0v) is 22.1. The van der Waals surface area contributed by atoms with Crippen molar-refractivity contribution < 1.29 is 13.2 Å². The number of likely N-dealkylation sites (tertiary alicyclic amines) is 1. The van der Waals surface area contributed by atoms with Crippen LogP contribution in [0, 0.1) is 5.92 Å². The summed E-state index contributed by atoms with van der Waals surface area (Å²) in [6.07, 6.45) is 2.76. The van der Waals surface area contributed by atoms with Gasteiger partial charge in [0, 0.05) is 56.6 Å². The molecule has 2 aliphatic heterocycles. The first-order chi connectivity index (χ1) is 16.4. The van der Waals surface area contributed by atoms with Crippen LogP contribution in [0.5, 0.6) is 0 Å². The first-order valence-corrected chi connectivity index (χ1v) is 12.3. The molecule has 2 atom stereocenters. The number of hydrogen-bond donors (Lipinski definition) is 0. The third-order valence-corrected chi connectivity index (χ3v) is 7.73. The van der Waals surface area contributed by atoms with Gasteiger partial charge in [-0.2, -0.15) is 13.2 Å². The average Bonchev–Trinajstić information content (AvgIpc) is 3.51. The van der Waals surface area contributed by atoms with Crippen molar-refractivity contribution in [1.82, 2.24) is 29.6 Å². The number of alkyl halides is 3. The molecule has 7 nitrogen and oxygen atoms in total.